The van der Waals surface area contributed by atoms with Crippen molar-refractivity contribution in [2.24, 2.45) is 0 Å². The van der Waals surface area contributed by atoms with Crippen molar-refractivity contribution in [1.82, 2.24) is 0 Å². The van der Waals surface area contributed by atoms with Crippen LogP contribution in [-0.4, -0.2) is 25.3 Å². The van der Waals surface area contributed by atoms with Crippen LogP contribution < -0.4 is 14.2 Å². The second kappa shape index (κ2) is 8.41. The maximum absolute atomic E-state index is 11.5. The molecule has 0 unspecified atom stereocenters. The topological polar surface area (TPSA) is 78.9 Å². The standard InChI is InChI=1S/C16H16O6/c1-4-6-14(18)21-12-8-11(10-17)9-13(16(12)20-3)22-15(19)7-5-2/h4-10H,1-3H3. The van der Waals surface area contributed by atoms with Crippen LogP contribution >= 0.6 is 0 Å². The highest BCUT2D eigenvalue weighted by atomic mass is 16.6. The van der Waals surface area contributed by atoms with E-state index in [1.807, 2.05) is 0 Å². The molecule has 0 fully saturated rings. The number of hydrogen-bond donors (Lipinski definition) is 0. The zero-order valence-electron chi connectivity index (χ0n) is 12.5. The summed E-state index contributed by atoms with van der Waals surface area (Å²) in [6, 6.07) is 2.64. The zero-order valence-corrected chi connectivity index (χ0v) is 12.5. The van der Waals surface area contributed by atoms with Crippen LogP contribution in [0.3, 0.4) is 0 Å². The lowest BCUT2D eigenvalue weighted by molar-refractivity contribution is -0.129. The van der Waals surface area contributed by atoms with Gasteiger partial charge in [-0.25, -0.2) is 9.59 Å². The van der Waals surface area contributed by atoms with E-state index in [-0.39, 0.29) is 22.8 Å². The number of ether oxygens (including phenoxy) is 3. The first-order valence-corrected chi connectivity index (χ1v) is 6.41. The first-order valence-electron chi connectivity index (χ1n) is 6.41. The number of aldehydes is 1. The second-order valence-electron chi connectivity index (χ2n) is 4.01. The van der Waals surface area contributed by atoms with Gasteiger partial charge in [-0.3, -0.25) is 4.79 Å². The second-order valence-corrected chi connectivity index (χ2v) is 4.01. The molecule has 6 heteroatoms. The lowest BCUT2D eigenvalue weighted by Crippen LogP contribution is -2.09. The molecule has 1 aromatic carbocycles. The van der Waals surface area contributed by atoms with Crippen LogP contribution in [0.15, 0.2) is 36.4 Å². The fraction of sp³-hybridized carbons (Fsp3) is 0.188. The molecule has 0 aliphatic heterocycles. The molecular weight excluding hydrogens is 288 g/mol. The summed E-state index contributed by atoms with van der Waals surface area (Å²) in [5, 5.41) is 0. The largest absolute Gasteiger partial charge is 0.490 e. The summed E-state index contributed by atoms with van der Waals surface area (Å²) in [5.41, 5.74) is 0.173. The third-order valence-corrected chi connectivity index (χ3v) is 2.41. The average molecular weight is 304 g/mol. The minimum absolute atomic E-state index is 0.0153. The third-order valence-electron chi connectivity index (χ3n) is 2.41. The van der Waals surface area contributed by atoms with Crippen molar-refractivity contribution in [3.63, 3.8) is 0 Å². The number of methoxy groups -OCH3 is 1. The van der Waals surface area contributed by atoms with Gasteiger partial charge in [-0.15, -0.1) is 0 Å². The smallest absolute Gasteiger partial charge is 0.335 e. The molecule has 0 heterocycles. The van der Waals surface area contributed by atoms with Crippen LogP contribution in [0.2, 0.25) is 0 Å². The molecule has 0 spiro atoms. The van der Waals surface area contributed by atoms with E-state index in [4.69, 9.17) is 14.2 Å². The van der Waals surface area contributed by atoms with Crippen molar-refractivity contribution >= 4 is 18.2 Å². The van der Waals surface area contributed by atoms with Crippen molar-refractivity contribution in [3.05, 3.63) is 42.0 Å². The molecular formula is C16H16O6. The molecule has 0 radical (unpaired) electrons. The highest BCUT2D eigenvalue weighted by Gasteiger charge is 2.18. The highest BCUT2D eigenvalue weighted by Crippen LogP contribution is 2.38. The van der Waals surface area contributed by atoms with Crippen LogP contribution in [0.4, 0.5) is 0 Å². The van der Waals surface area contributed by atoms with E-state index in [9.17, 15) is 14.4 Å². The number of esters is 2. The summed E-state index contributed by atoms with van der Waals surface area (Å²) in [6.45, 7) is 3.31. The monoisotopic (exact) mass is 304 g/mol. The molecule has 1 rings (SSSR count). The first kappa shape index (κ1) is 17.2. The van der Waals surface area contributed by atoms with Crippen molar-refractivity contribution in [1.29, 1.82) is 0 Å². The van der Waals surface area contributed by atoms with E-state index in [1.165, 1.54) is 43.5 Å². The summed E-state index contributed by atoms with van der Waals surface area (Å²) in [4.78, 5) is 34.1. The van der Waals surface area contributed by atoms with Gasteiger partial charge >= 0.3 is 11.9 Å². The molecule has 22 heavy (non-hydrogen) atoms. The number of hydrogen-bond acceptors (Lipinski definition) is 6. The van der Waals surface area contributed by atoms with Gasteiger partial charge in [0, 0.05) is 17.7 Å². The van der Waals surface area contributed by atoms with Gasteiger partial charge in [-0.1, -0.05) is 12.2 Å². The lowest BCUT2D eigenvalue weighted by Gasteiger charge is -2.13. The Labute approximate surface area is 128 Å². The van der Waals surface area contributed by atoms with Crippen molar-refractivity contribution < 1.29 is 28.6 Å². The predicted octanol–water partition coefficient (Wildman–Crippen LogP) is 2.47. The van der Waals surface area contributed by atoms with E-state index in [2.05, 4.69) is 0 Å². The molecule has 0 aliphatic rings. The third kappa shape index (κ3) is 4.59. The normalized spacial score (nSPS) is 10.7. The van der Waals surface area contributed by atoms with Crippen molar-refractivity contribution in [3.8, 4) is 17.2 Å². The maximum atomic E-state index is 11.5. The van der Waals surface area contributed by atoms with Crippen molar-refractivity contribution in [2.45, 2.75) is 13.8 Å². The molecule has 0 bridgehead atoms. The molecule has 0 saturated heterocycles. The number of carbonyl (C=O) groups excluding carboxylic acids is 3. The lowest BCUT2D eigenvalue weighted by atomic mass is 10.2. The molecule has 0 aromatic heterocycles. The fourth-order valence-electron chi connectivity index (χ4n) is 1.57. The SMILES string of the molecule is CC=CC(=O)Oc1cc(C=O)cc(OC(=O)C=CC)c1OC. The first-order chi connectivity index (χ1) is 10.5. The Hall–Kier alpha value is -2.89. The minimum Gasteiger partial charge on any atom is -0.490 e. The molecule has 0 saturated carbocycles. The Morgan fingerprint density at radius 3 is 1.73 bits per heavy atom. The molecule has 1 aromatic rings. The Kier molecular flexibility index (Phi) is 6.56. The molecule has 0 amide bonds. The maximum Gasteiger partial charge on any atom is 0.335 e. The summed E-state index contributed by atoms with van der Waals surface area (Å²) < 4.78 is 15.3. The van der Waals surface area contributed by atoms with Crippen LogP contribution in [-0.2, 0) is 9.59 Å². The number of allylic oxidation sites excluding steroid dienone is 2. The van der Waals surface area contributed by atoms with E-state index in [1.54, 1.807) is 13.8 Å². The average Bonchev–Trinajstić information content (AvgIpc) is 2.47. The fourth-order valence-corrected chi connectivity index (χ4v) is 1.57. The number of benzene rings is 1. The van der Waals surface area contributed by atoms with Crippen LogP contribution in [0, 0.1) is 0 Å². The van der Waals surface area contributed by atoms with Crippen LogP contribution in [0.5, 0.6) is 17.2 Å². The van der Waals surface area contributed by atoms with E-state index < -0.39 is 11.9 Å². The van der Waals surface area contributed by atoms with Gasteiger partial charge in [-0.05, 0) is 26.0 Å². The zero-order chi connectivity index (χ0) is 16.5. The summed E-state index contributed by atoms with van der Waals surface area (Å²) in [7, 11) is 1.33. The Morgan fingerprint density at radius 1 is 0.955 bits per heavy atom. The Morgan fingerprint density at radius 2 is 1.41 bits per heavy atom. The van der Waals surface area contributed by atoms with Crippen LogP contribution in [0.25, 0.3) is 0 Å². The van der Waals surface area contributed by atoms with Crippen LogP contribution in [0.1, 0.15) is 24.2 Å². The van der Waals surface area contributed by atoms with Gasteiger partial charge in [0.2, 0.25) is 5.75 Å². The molecule has 0 atom stereocenters. The quantitative estimate of drug-likeness (QED) is 0.348. The Bertz CT molecular complexity index is 581. The summed E-state index contributed by atoms with van der Waals surface area (Å²) >= 11 is 0. The summed E-state index contributed by atoms with van der Waals surface area (Å²) in [6.07, 6.45) is 5.97. The molecule has 116 valence electrons. The number of carbonyl (C=O) groups is 3. The molecule has 6 nitrogen and oxygen atoms in total. The minimum atomic E-state index is -0.644. The van der Waals surface area contributed by atoms with Gasteiger partial charge in [0.1, 0.15) is 6.29 Å². The van der Waals surface area contributed by atoms with E-state index >= 15 is 0 Å². The van der Waals surface area contributed by atoms with Gasteiger partial charge in [-0.2, -0.15) is 0 Å². The number of rotatable bonds is 6. The Balaban J connectivity index is 3.27. The molecule has 0 N–H and O–H groups in total. The van der Waals surface area contributed by atoms with Gasteiger partial charge in [0.15, 0.2) is 11.5 Å². The summed E-state index contributed by atoms with van der Waals surface area (Å²) in [5.74, 6) is -1.28. The highest BCUT2D eigenvalue weighted by molar-refractivity contribution is 5.88. The van der Waals surface area contributed by atoms with Gasteiger partial charge in [0.05, 0.1) is 7.11 Å². The van der Waals surface area contributed by atoms with E-state index in [0.29, 0.717) is 6.29 Å². The van der Waals surface area contributed by atoms with E-state index in [0.717, 1.165) is 0 Å². The van der Waals surface area contributed by atoms with Gasteiger partial charge in [0.25, 0.3) is 0 Å². The van der Waals surface area contributed by atoms with Crippen molar-refractivity contribution in [2.75, 3.05) is 7.11 Å². The molecule has 0 aliphatic carbocycles. The van der Waals surface area contributed by atoms with Gasteiger partial charge < -0.3 is 14.2 Å². The predicted molar refractivity (Wildman–Crippen MR) is 79.3 cm³/mol.